The molecule has 2 atom stereocenters. The highest BCUT2D eigenvalue weighted by Gasteiger charge is 2.27. The predicted molar refractivity (Wildman–Crippen MR) is 165 cm³/mol. The summed E-state index contributed by atoms with van der Waals surface area (Å²) in [6, 6.07) is 11.0. The zero-order valence-electron chi connectivity index (χ0n) is 25.6. The molecule has 0 saturated heterocycles. The summed E-state index contributed by atoms with van der Waals surface area (Å²) >= 11 is 0. The standard InChI is InChI=1S/C33H46F2N6O/c1-6-9-30(38-27-13-12-24-16-26(34)17-29(35)28(24)18-27)33(42)39-32-20-40(21-37-32)31-11-8-7-10-25(31)19-36-14-15-41(22(2)3)23(4)5/h7-8,10-11,16-17,20-23,27,30,36,38H,6,9,12-15,18-19H2,1-5H3,(H,39,42)/t27?,30-/m0/s1. The Hall–Kier alpha value is -3.14. The summed E-state index contributed by atoms with van der Waals surface area (Å²) in [4.78, 5) is 20.2. The number of anilines is 1. The minimum Gasteiger partial charge on any atom is -0.311 e. The monoisotopic (exact) mass is 580 g/mol. The molecule has 228 valence electrons. The molecule has 0 bridgehead atoms. The zero-order valence-corrected chi connectivity index (χ0v) is 25.6. The van der Waals surface area contributed by atoms with Gasteiger partial charge in [-0.3, -0.25) is 9.69 Å². The summed E-state index contributed by atoms with van der Waals surface area (Å²) in [5, 5.41) is 9.99. The number of aromatic nitrogens is 2. The highest BCUT2D eigenvalue weighted by molar-refractivity contribution is 5.94. The number of carbonyl (C=O) groups is 1. The summed E-state index contributed by atoms with van der Waals surface area (Å²) in [5.74, 6) is -0.742. The van der Waals surface area contributed by atoms with Gasteiger partial charge in [-0.05, 0) is 82.2 Å². The lowest BCUT2D eigenvalue weighted by molar-refractivity contribution is -0.118. The maximum Gasteiger partial charge on any atom is 0.242 e. The van der Waals surface area contributed by atoms with Crippen molar-refractivity contribution >= 4 is 11.7 Å². The first-order valence-electron chi connectivity index (χ1n) is 15.3. The number of fused-ring (bicyclic) bond motifs is 1. The molecule has 0 spiro atoms. The third-order valence-corrected chi connectivity index (χ3v) is 8.09. The number of hydrogen-bond acceptors (Lipinski definition) is 5. The van der Waals surface area contributed by atoms with Crippen molar-refractivity contribution in [3.8, 4) is 5.69 Å². The number of hydrogen-bond donors (Lipinski definition) is 3. The molecule has 0 aliphatic heterocycles. The molecule has 1 amide bonds. The Bertz CT molecular complexity index is 1320. The number of halogens is 2. The first kappa shape index (κ1) is 31.8. The third kappa shape index (κ3) is 8.24. The van der Waals surface area contributed by atoms with Crippen molar-refractivity contribution in [2.75, 3.05) is 18.4 Å². The number of imidazole rings is 1. The smallest absolute Gasteiger partial charge is 0.242 e. The van der Waals surface area contributed by atoms with Crippen molar-refractivity contribution in [2.45, 2.75) is 97.4 Å². The Balaban J connectivity index is 1.36. The fourth-order valence-corrected chi connectivity index (χ4v) is 5.98. The number of para-hydroxylation sites is 1. The average molecular weight is 581 g/mol. The van der Waals surface area contributed by atoms with Crippen LogP contribution >= 0.6 is 0 Å². The van der Waals surface area contributed by atoms with E-state index in [0.29, 0.717) is 42.7 Å². The van der Waals surface area contributed by atoms with E-state index >= 15 is 0 Å². The van der Waals surface area contributed by atoms with E-state index in [0.717, 1.165) is 55.4 Å². The Kier molecular flexibility index (Phi) is 11.2. The fraction of sp³-hybridized carbons (Fsp3) is 0.515. The summed E-state index contributed by atoms with van der Waals surface area (Å²) < 4.78 is 30.0. The lowest BCUT2D eigenvalue weighted by atomic mass is 9.87. The summed E-state index contributed by atoms with van der Waals surface area (Å²) in [6.45, 7) is 13.5. The molecule has 2 aromatic carbocycles. The second kappa shape index (κ2) is 14.8. The topological polar surface area (TPSA) is 74.2 Å². The summed E-state index contributed by atoms with van der Waals surface area (Å²) in [7, 11) is 0. The SMILES string of the molecule is CCC[C@H](NC1CCc2cc(F)cc(F)c2C1)C(=O)Nc1cn(-c2ccccc2CNCCN(C(C)C)C(C)C)cn1. The molecule has 4 rings (SSSR count). The minimum absolute atomic E-state index is 0.0650. The van der Waals surface area contributed by atoms with Gasteiger partial charge in [0, 0.05) is 43.8 Å². The van der Waals surface area contributed by atoms with Crippen LogP contribution < -0.4 is 16.0 Å². The molecular weight excluding hydrogens is 534 g/mol. The van der Waals surface area contributed by atoms with Crippen molar-refractivity contribution in [3.05, 3.63) is 77.2 Å². The third-order valence-electron chi connectivity index (χ3n) is 8.09. The molecular formula is C33H46F2N6O. The molecule has 42 heavy (non-hydrogen) atoms. The molecule has 1 aromatic heterocycles. The Morgan fingerprint density at radius 3 is 2.64 bits per heavy atom. The van der Waals surface area contributed by atoms with E-state index in [1.54, 1.807) is 6.33 Å². The van der Waals surface area contributed by atoms with Gasteiger partial charge in [0.15, 0.2) is 5.82 Å². The summed E-state index contributed by atoms with van der Waals surface area (Å²) in [6.07, 6.45) is 6.73. The van der Waals surface area contributed by atoms with Crippen LogP contribution in [0.3, 0.4) is 0 Å². The number of amides is 1. The zero-order chi connectivity index (χ0) is 30.2. The van der Waals surface area contributed by atoms with E-state index in [2.05, 4.69) is 59.6 Å². The molecule has 1 heterocycles. The quantitative estimate of drug-likeness (QED) is 0.216. The van der Waals surface area contributed by atoms with Crippen LogP contribution in [0, 0.1) is 11.6 Å². The van der Waals surface area contributed by atoms with E-state index in [9.17, 15) is 13.6 Å². The lowest BCUT2D eigenvalue weighted by Gasteiger charge is -2.30. The van der Waals surface area contributed by atoms with E-state index in [1.807, 2.05) is 35.9 Å². The van der Waals surface area contributed by atoms with Crippen LogP contribution in [-0.4, -0.2) is 57.6 Å². The van der Waals surface area contributed by atoms with E-state index in [-0.39, 0.29) is 11.9 Å². The van der Waals surface area contributed by atoms with Crippen LogP contribution in [0.5, 0.6) is 0 Å². The molecule has 0 fully saturated rings. The van der Waals surface area contributed by atoms with Crippen molar-refractivity contribution < 1.29 is 13.6 Å². The Morgan fingerprint density at radius 1 is 1.14 bits per heavy atom. The molecule has 9 heteroatoms. The van der Waals surface area contributed by atoms with Gasteiger partial charge in [0.2, 0.25) is 5.91 Å². The van der Waals surface area contributed by atoms with Gasteiger partial charge in [-0.15, -0.1) is 0 Å². The lowest BCUT2D eigenvalue weighted by Crippen LogP contribution is -2.48. The van der Waals surface area contributed by atoms with Crippen molar-refractivity contribution in [2.24, 2.45) is 0 Å². The van der Waals surface area contributed by atoms with Crippen LogP contribution in [0.1, 0.15) is 70.6 Å². The van der Waals surface area contributed by atoms with Crippen LogP contribution in [0.2, 0.25) is 0 Å². The highest BCUT2D eigenvalue weighted by atomic mass is 19.1. The van der Waals surface area contributed by atoms with Crippen molar-refractivity contribution in [1.82, 2.24) is 25.1 Å². The van der Waals surface area contributed by atoms with Crippen LogP contribution in [0.4, 0.5) is 14.6 Å². The Labute approximate surface area is 249 Å². The first-order chi connectivity index (χ1) is 20.2. The van der Waals surface area contributed by atoms with Gasteiger partial charge < -0.3 is 20.5 Å². The molecule has 3 N–H and O–H groups in total. The van der Waals surface area contributed by atoms with Gasteiger partial charge in [0.25, 0.3) is 0 Å². The normalized spacial score (nSPS) is 15.8. The molecule has 0 radical (unpaired) electrons. The minimum atomic E-state index is -0.543. The highest BCUT2D eigenvalue weighted by Crippen LogP contribution is 2.26. The van der Waals surface area contributed by atoms with E-state index in [4.69, 9.17) is 0 Å². The number of nitrogens with zero attached hydrogens (tertiary/aromatic N) is 3. The average Bonchev–Trinajstić information content (AvgIpc) is 3.41. The van der Waals surface area contributed by atoms with Crippen LogP contribution in [0.25, 0.3) is 5.69 Å². The first-order valence-corrected chi connectivity index (χ1v) is 15.3. The van der Waals surface area contributed by atoms with Crippen molar-refractivity contribution in [1.29, 1.82) is 0 Å². The summed E-state index contributed by atoms with van der Waals surface area (Å²) in [5.41, 5.74) is 3.41. The fourth-order valence-electron chi connectivity index (χ4n) is 5.98. The second-order valence-corrected chi connectivity index (χ2v) is 11.9. The largest absolute Gasteiger partial charge is 0.311 e. The van der Waals surface area contributed by atoms with Gasteiger partial charge in [0.1, 0.15) is 18.0 Å². The molecule has 1 aliphatic carbocycles. The number of benzene rings is 2. The molecule has 3 aromatic rings. The van der Waals surface area contributed by atoms with Gasteiger partial charge in [-0.25, -0.2) is 13.8 Å². The number of nitrogens with one attached hydrogen (secondary N) is 3. The predicted octanol–water partition coefficient (Wildman–Crippen LogP) is 5.61. The maximum atomic E-state index is 14.4. The van der Waals surface area contributed by atoms with Gasteiger partial charge in [-0.2, -0.15) is 0 Å². The van der Waals surface area contributed by atoms with Gasteiger partial charge in [-0.1, -0.05) is 31.5 Å². The molecule has 1 unspecified atom stereocenters. The number of aryl methyl sites for hydroxylation is 1. The van der Waals surface area contributed by atoms with Crippen LogP contribution in [-0.2, 0) is 24.2 Å². The second-order valence-electron chi connectivity index (χ2n) is 11.9. The maximum absolute atomic E-state index is 14.4. The van der Waals surface area contributed by atoms with Crippen LogP contribution in [0.15, 0.2) is 48.9 Å². The molecule has 0 saturated carbocycles. The van der Waals surface area contributed by atoms with E-state index in [1.165, 1.54) is 6.07 Å². The Morgan fingerprint density at radius 2 is 1.90 bits per heavy atom. The molecule has 1 aliphatic rings. The number of carbonyl (C=O) groups excluding carboxylic acids is 1. The number of rotatable bonds is 14. The molecule has 7 nitrogen and oxygen atoms in total. The van der Waals surface area contributed by atoms with E-state index < -0.39 is 17.7 Å². The van der Waals surface area contributed by atoms with Gasteiger partial charge in [0.05, 0.1) is 17.9 Å². The van der Waals surface area contributed by atoms with Crippen molar-refractivity contribution in [3.63, 3.8) is 0 Å². The van der Waals surface area contributed by atoms with Gasteiger partial charge >= 0.3 is 0 Å².